The van der Waals surface area contributed by atoms with Gasteiger partial charge in [-0.05, 0) is 38.1 Å². The van der Waals surface area contributed by atoms with Gasteiger partial charge in [0.25, 0.3) is 0 Å². The van der Waals surface area contributed by atoms with Crippen LogP contribution in [0.4, 0.5) is 0 Å². The zero-order chi connectivity index (χ0) is 14.7. The first-order valence-corrected chi connectivity index (χ1v) is 8.60. The van der Waals surface area contributed by atoms with E-state index in [4.69, 9.17) is 10.5 Å². The molecular formula is C16H29N3O2. The highest BCUT2D eigenvalue weighted by Crippen LogP contribution is 2.32. The Morgan fingerprint density at radius 3 is 2.57 bits per heavy atom. The summed E-state index contributed by atoms with van der Waals surface area (Å²) in [4.78, 5) is 17.2. The van der Waals surface area contributed by atoms with Crippen LogP contribution in [0, 0.1) is 11.8 Å². The third-order valence-electron chi connectivity index (χ3n) is 5.45. The molecule has 0 radical (unpaired) electrons. The van der Waals surface area contributed by atoms with Crippen molar-refractivity contribution in [3.8, 4) is 0 Å². The SMILES string of the molecule is NCC1CCCC1C(=O)N1CCN(CC2CCCO2)CC1. The summed E-state index contributed by atoms with van der Waals surface area (Å²) in [5.41, 5.74) is 5.81. The van der Waals surface area contributed by atoms with Gasteiger partial charge in [0.2, 0.25) is 5.91 Å². The van der Waals surface area contributed by atoms with E-state index in [1.54, 1.807) is 0 Å². The lowest BCUT2D eigenvalue weighted by molar-refractivity contribution is -0.138. The minimum Gasteiger partial charge on any atom is -0.377 e. The third kappa shape index (κ3) is 3.58. The van der Waals surface area contributed by atoms with E-state index in [0.29, 0.717) is 24.5 Å². The van der Waals surface area contributed by atoms with E-state index in [1.165, 1.54) is 12.8 Å². The van der Waals surface area contributed by atoms with Gasteiger partial charge in [-0.3, -0.25) is 9.69 Å². The van der Waals surface area contributed by atoms with Crippen molar-refractivity contribution in [2.75, 3.05) is 45.9 Å². The topological polar surface area (TPSA) is 58.8 Å². The Morgan fingerprint density at radius 1 is 1.10 bits per heavy atom. The molecule has 5 heteroatoms. The summed E-state index contributed by atoms with van der Waals surface area (Å²) in [5, 5.41) is 0. The van der Waals surface area contributed by atoms with Gasteiger partial charge >= 0.3 is 0 Å². The Bertz CT molecular complexity index is 349. The molecule has 2 N–H and O–H groups in total. The van der Waals surface area contributed by atoms with Crippen molar-refractivity contribution in [2.24, 2.45) is 17.6 Å². The van der Waals surface area contributed by atoms with Gasteiger partial charge in [0.05, 0.1) is 6.10 Å². The molecule has 5 nitrogen and oxygen atoms in total. The summed E-state index contributed by atoms with van der Waals surface area (Å²) in [6.07, 6.45) is 6.15. The van der Waals surface area contributed by atoms with Crippen LogP contribution in [0.2, 0.25) is 0 Å². The van der Waals surface area contributed by atoms with E-state index in [-0.39, 0.29) is 5.92 Å². The van der Waals surface area contributed by atoms with Crippen LogP contribution in [0.25, 0.3) is 0 Å². The first-order chi connectivity index (χ1) is 10.3. The number of carbonyl (C=O) groups is 1. The second kappa shape index (κ2) is 7.07. The maximum Gasteiger partial charge on any atom is 0.226 e. The largest absolute Gasteiger partial charge is 0.377 e. The Labute approximate surface area is 127 Å². The number of piperazine rings is 1. The van der Waals surface area contributed by atoms with Gasteiger partial charge in [-0.15, -0.1) is 0 Å². The quantitative estimate of drug-likeness (QED) is 0.829. The lowest BCUT2D eigenvalue weighted by Gasteiger charge is -2.37. The summed E-state index contributed by atoms with van der Waals surface area (Å²) < 4.78 is 5.70. The molecule has 3 rings (SSSR count). The summed E-state index contributed by atoms with van der Waals surface area (Å²) in [7, 11) is 0. The van der Waals surface area contributed by atoms with Gasteiger partial charge in [0.1, 0.15) is 0 Å². The van der Waals surface area contributed by atoms with E-state index >= 15 is 0 Å². The molecule has 1 saturated carbocycles. The number of carbonyl (C=O) groups excluding carboxylic acids is 1. The van der Waals surface area contributed by atoms with Crippen molar-refractivity contribution in [3.05, 3.63) is 0 Å². The Balaban J connectivity index is 1.45. The molecule has 0 aromatic rings. The van der Waals surface area contributed by atoms with Gasteiger partial charge < -0.3 is 15.4 Å². The monoisotopic (exact) mass is 295 g/mol. The van der Waals surface area contributed by atoms with Gasteiger partial charge in [-0.1, -0.05) is 6.42 Å². The average molecular weight is 295 g/mol. The molecular weight excluding hydrogens is 266 g/mol. The molecule has 3 aliphatic rings. The molecule has 2 saturated heterocycles. The molecule has 3 atom stereocenters. The summed E-state index contributed by atoms with van der Waals surface area (Å²) >= 11 is 0. The first kappa shape index (κ1) is 15.3. The molecule has 1 aliphatic carbocycles. The number of amides is 1. The van der Waals surface area contributed by atoms with Crippen LogP contribution in [0.1, 0.15) is 32.1 Å². The third-order valence-corrected chi connectivity index (χ3v) is 5.45. The zero-order valence-corrected chi connectivity index (χ0v) is 13.0. The van der Waals surface area contributed by atoms with Crippen molar-refractivity contribution >= 4 is 5.91 Å². The van der Waals surface area contributed by atoms with Gasteiger partial charge in [0.15, 0.2) is 0 Å². The molecule has 21 heavy (non-hydrogen) atoms. The van der Waals surface area contributed by atoms with E-state index in [9.17, 15) is 4.79 Å². The highest BCUT2D eigenvalue weighted by molar-refractivity contribution is 5.79. The fourth-order valence-corrected chi connectivity index (χ4v) is 4.11. The zero-order valence-electron chi connectivity index (χ0n) is 13.0. The molecule has 0 spiro atoms. The highest BCUT2D eigenvalue weighted by atomic mass is 16.5. The number of nitrogens with two attached hydrogens (primary N) is 1. The van der Waals surface area contributed by atoms with Crippen LogP contribution in [0.15, 0.2) is 0 Å². The fourth-order valence-electron chi connectivity index (χ4n) is 4.11. The summed E-state index contributed by atoms with van der Waals surface area (Å²) in [6.45, 7) is 6.35. The van der Waals surface area contributed by atoms with Crippen LogP contribution in [0.5, 0.6) is 0 Å². The molecule has 0 aromatic heterocycles. The minimum atomic E-state index is 0.194. The van der Waals surface area contributed by atoms with Gasteiger partial charge in [-0.25, -0.2) is 0 Å². The lowest BCUT2D eigenvalue weighted by atomic mass is 9.94. The Kier molecular flexibility index (Phi) is 5.14. The molecule has 120 valence electrons. The normalized spacial score (nSPS) is 34.5. The average Bonchev–Trinajstić information content (AvgIpc) is 3.18. The van der Waals surface area contributed by atoms with Crippen LogP contribution >= 0.6 is 0 Å². The van der Waals surface area contributed by atoms with Crippen molar-refractivity contribution < 1.29 is 9.53 Å². The van der Waals surface area contributed by atoms with Crippen molar-refractivity contribution in [2.45, 2.75) is 38.2 Å². The summed E-state index contributed by atoms with van der Waals surface area (Å²) in [6, 6.07) is 0. The maximum absolute atomic E-state index is 12.6. The number of hydrogen-bond donors (Lipinski definition) is 1. The van der Waals surface area contributed by atoms with Gasteiger partial charge in [-0.2, -0.15) is 0 Å². The number of ether oxygens (including phenoxy) is 1. The van der Waals surface area contributed by atoms with Gasteiger partial charge in [0, 0.05) is 45.2 Å². The lowest BCUT2D eigenvalue weighted by Crippen LogP contribution is -2.52. The smallest absolute Gasteiger partial charge is 0.226 e. The van der Waals surface area contributed by atoms with Crippen molar-refractivity contribution in [1.29, 1.82) is 0 Å². The van der Waals surface area contributed by atoms with E-state index < -0.39 is 0 Å². The predicted molar refractivity (Wildman–Crippen MR) is 81.9 cm³/mol. The second-order valence-corrected chi connectivity index (χ2v) is 6.79. The number of nitrogens with zero attached hydrogens (tertiary/aromatic N) is 2. The maximum atomic E-state index is 12.6. The summed E-state index contributed by atoms with van der Waals surface area (Å²) in [5.74, 6) is 0.974. The van der Waals surface area contributed by atoms with Crippen LogP contribution in [-0.4, -0.2) is 67.7 Å². The fraction of sp³-hybridized carbons (Fsp3) is 0.938. The van der Waals surface area contributed by atoms with Crippen LogP contribution < -0.4 is 5.73 Å². The van der Waals surface area contributed by atoms with E-state index in [1.807, 2.05) is 0 Å². The Hall–Kier alpha value is -0.650. The van der Waals surface area contributed by atoms with E-state index in [2.05, 4.69) is 9.80 Å². The van der Waals surface area contributed by atoms with Crippen molar-refractivity contribution in [3.63, 3.8) is 0 Å². The standard InChI is InChI=1S/C16H29N3O2/c17-11-13-3-1-5-15(13)16(20)19-8-6-18(7-9-19)12-14-4-2-10-21-14/h13-15H,1-12,17H2. The Morgan fingerprint density at radius 2 is 1.90 bits per heavy atom. The second-order valence-electron chi connectivity index (χ2n) is 6.79. The molecule has 1 amide bonds. The molecule has 3 fully saturated rings. The molecule has 0 aromatic carbocycles. The number of rotatable bonds is 4. The first-order valence-electron chi connectivity index (χ1n) is 8.60. The molecule has 2 heterocycles. The van der Waals surface area contributed by atoms with Crippen LogP contribution in [0.3, 0.4) is 0 Å². The number of hydrogen-bond acceptors (Lipinski definition) is 4. The minimum absolute atomic E-state index is 0.194. The predicted octanol–water partition coefficient (Wildman–Crippen LogP) is 0.685. The highest BCUT2D eigenvalue weighted by Gasteiger charge is 2.35. The van der Waals surface area contributed by atoms with Crippen molar-refractivity contribution in [1.82, 2.24) is 9.80 Å². The van der Waals surface area contributed by atoms with E-state index in [0.717, 1.165) is 58.6 Å². The molecule has 3 unspecified atom stereocenters. The molecule has 0 bridgehead atoms. The molecule has 2 aliphatic heterocycles. The van der Waals surface area contributed by atoms with Crippen LogP contribution in [-0.2, 0) is 9.53 Å².